The molecule has 5 nitrogen and oxygen atoms in total. The predicted octanol–water partition coefficient (Wildman–Crippen LogP) is 5.43. The number of aliphatic hydroxyl groups excluding tert-OH is 1. The van der Waals surface area contributed by atoms with Gasteiger partial charge in [-0.25, -0.2) is 4.98 Å². The number of benzene rings is 1. The zero-order chi connectivity index (χ0) is 21.7. The van der Waals surface area contributed by atoms with E-state index >= 15 is 0 Å². The molecule has 7 heteroatoms. The standard InChI is InChI=1S/C23H31ClN2O3S/c1-15(2)16(3)26(23(28)17-6-4-5-7-17)11-18-10-19(24)8-9-21(18)29-13-22-25-20(12-27)14-30-22/h8-10,14-17,27H,4-7,11-13H2,1-3H3/t16-/m0/s1. The van der Waals surface area contributed by atoms with Crippen molar-refractivity contribution in [2.75, 3.05) is 0 Å². The minimum absolute atomic E-state index is 0.0754. The maximum atomic E-state index is 13.3. The zero-order valence-corrected chi connectivity index (χ0v) is 19.5. The number of aromatic nitrogens is 1. The van der Waals surface area contributed by atoms with Gasteiger partial charge >= 0.3 is 0 Å². The highest BCUT2D eigenvalue weighted by Crippen LogP contribution is 2.31. The summed E-state index contributed by atoms with van der Waals surface area (Å²) in [5, 5.41) is 12.5. The third-order valence-electron chi connectivity index (χ3n) is 5.92. The smallest absolute Gasteiger partial charge is 0.226 e. The van der Waals surface area contributed by atoms with Crippen LogP contribution < -0.4 is 4.74 Å². The van der Waals surface area contributed by atoms with Crippen LogP contribution in [-0.4, -0.2) is 26.9 Å². The number of ether oxygens (including phenoxy) is 1. The number of amides is 1. The quantitative estimate of drug-likeness (QED) is 0.553. The van der Waals surface area contributed by atoms with E-state index in [4.69, 9.17) is 16.3 Å². The summed E-state index contributed by atoms with van der Waals surface area (Å²) in [6.07, 6.45) is 4.23. The van der Waals surface area contributed by atoms with E-state index in [1.165, 1.54) is 11.3 Å². The molecule has 1 aromatic heterocycles. The van der Waals surface area contributed by atoms with Crippen molar-refractivity contribution >= 4 is 28.8 Å². The van der Waals surface area contributed by atoms with Crippen LogP contribution in [0.3, 0.4) is 0 Å². The second-order valence-corrected chi connectivity index (χ2v) is 9.74. The fourth-order valence-corrected chi connectivity index (χ4v) is 4.70. The Bertz CT molecular complexity index is 849. The predicted molar refractivity (Wildman–Crippen MR) is 121 cm³/mol. The average Bonchev–Trinajstić information content (AvgIpc) is 3.42. The van der Waals surface area contributed by atoms with Gasteiger partial charge in [0.15, 0.2) is 0 Å². The third kappa shape index (κ3) is 5.74. The van der Waals surface area contributed by atoms with Crippen LogP contribution in [0.15, 0.2) is 23.6 Å². The van der Waals surface area contributed by atoms with Crippen molar-refractivity contribution in [2.24, 2.45) is 11.8 Å². The highest BCUT2D eigenvalue weighted by atomic mass is 35.5. The van der Waals surface area contributed by atoms with Gasteiger partial charge in [-0.05, 0) is 43.9 Å². The topological polar surface area (TPSA) is 62.7 Å². The molecule has 0 aliphatic heterocycles. The van der Waals surface area contributed by atoms with Crippen LogP contribution >= 0.6 is 22.9 Å². The molecule has 3 rings (SSSR count). The van der Waals surface area contributed by atoms with E-state index in [1.807, 2.05) is 22.4 Å². The molecule has 1 fully saturated rings. The van der Waals surface area contributed by atoms with Gasteiger partial charge in [-0.2, -0.15) is 0 Å². The largest absolute Gasteiger partial charge is 0.486 e. The van der Waals surface area contributed by atoms with E-state index in [2.05, 4.69) is 25.8 Å². The maximum absolute atomic E-state index is 13.3. The normalized spacial score (nSPS) is 15.5. The Morgan fingerprint density at radius 2 is 2.07 bits per heavy atom. The van der Waals surface area contributed by atoms with Crippen LogP contribution in [0.4, 0.5) is 0 Å². The van der Waals surface area contributed by atoms with Crippen LogP contribution in [0, 0.1) is 11.8 Å². The van der Waals surface area contributed by atoms with Crippen molar-refractivity contribution in [3.8, 4) is 5.75 Å². The Kier molecular flexibility index (Phi) is 8.14. The summed E-state index contributed by atoms with van der Waals surface area (Å²) >= 11 is 7.75. The molecule has 1 aliphatic rings. The molecule has 1 atom stereocenters. The fraction of sp³-hybridized carbons (Fsp3) is 0.565. The van der Waals surface area contributed by atoms with E-state index in [0.717, 1.165) is 36.3 Å². The first-order chi connectivity index (χ1) is 14.4. The number of carbonyl (C=O) groups excluding carboxylic acids is 1. The molecular formula is C23H31ClN2O3S. The lowest BCUT2D eigenvalue weighted by Gasteiger charge is -2.34. The van der Waals surface area contributed by atoms with Crippen LogP contribution in [0.5, 0.6) is 5.75 Å². The molecule has 30 heavy (non-hydrogen) atoms. The molecule has 0 saturated heterocycles. The number of hydrogen-bond donors (Lipinski definition) is 1. The Hall–Kier alpha value is -1.63. The van der Waals surface area contributed by atoms with Gasteiger partial charge in [-0.15, -0.1) is 11.3 Å². The van der Waals surface area contributed by atoms with E-state index in [1.54, 1.807) is 6.07 Å². The minimum atomic E-state index is -0.0754. The first-order valence-corrected chi connectivity index (χ1v) is 11.9. The molecule has 1 heterocycles. The SMILES string of the molecule is CC(C)[C@H](C)N(Cc1cc(Cl)ccc1OCc1nc(CO)cs1)C(=O)C1CCCC1. The molecule has 2 aromatic rings. The molecule has 0 spiro atoms. The van der Waals surface area contributed by atoms with Gasteiger partial charge in [0.05, 0.1) is 12.3 Å². The first-order valence-electron chi connectivity index (χ1n) is 10.6. The second-order valence-electron chi connectivity index (χ2n) is 8.36. The second kappa shape index (κ2) is 10.6. The number of carbonyl (C=O) groups is 1. The minimum Gasteiger partial charge on any atom is -0.486 e. The number of aliphatic hydroxyl groups is 1. The maximum Gasteiger partial charge on any atom is 0.226 e. The van der Waals surface area contributed by atoms with Crippen molar-refractivity contribution in [3.63, 3.8) is 0 Å². The first kappa shape index (κ1) is 23.0. The summed E-state index contributed by atoms with van der Waals surface area (Å²) in [7, 11) is 0. The van der Waals surface area contributed by atoms with Gasteiger partial charge in [0.1, 0.15) is 17.4 Å². The zero-order valence-electron chi connectivity index (χ0n) is 17.9. The van der Waals surface area contributed by atoms with E-state index in [9.17, 15) is 9.90 Å². The van der Waals surface area contributed by atoms with Crippen molar-refractivity contribution in [1.29, 1.82) is 0 Å². The van der Waals surface area contributed by atoms with E-state index in [0.29, 0.717) is 35.5 Å². The lowest BCUT2D eigenvalue weighted by Crippen LogP contribution is -2.43. The third-order valence-corrected chi connectivity index (χ3v) is 7.03. The Morgan fingerprint density at radius 3 is 2.70 bits per heavy atom. The highest BCUT2D eigenvalue weighted by Gasteiger charge is 2.31. The van der Waals surface area contributed by atoms with Crippen molar-refractivity contribution in [3.05, 3.63) is 44.9 Å². The summed E-state index contributed by atoms with van der Waals surface area (Å²) in [4.78, 5) is 19.7. The molecule has 1 aromatic carbocycles. The average molecular weight is 451 g/mol. The lowest BCUT2D eigenvalue weighted by molar-refractivity contribution is -0.139. The van der Waals surface area contributed by atoms with Crippen molar-refractivity contribution < 1.29 is 14.6 Å². The van der Waals surface area contributed by atoms with Crippen LogP contribution in [0.1, 0.15) is 62.7 Å². The summed E-state index contributed by atoms with van der Waals surface area (Å²) in [6.45, 7) is 7.13. The van der Waals surface area contributed by atoms with Crippen LogP contribution in [0.2, 0.25) is 5.02 Å². The summed E-state index contributed by atoms with van der Waals surface area (Å²) in [6, 6.07) is 5.67. The number of thiazole rings is 1. The van der Waals surface area contributed by atoms with Crippen molar-refractivity contribution in [1.82, 2.24) is 9.88 Å². The monoisotopic (exact) mass is 450 g/mol. The van der Waals surface area contributed by atoms with Crippen LogP contribution in [0.25, 0.3) is 0 Å². The molecular weight excluding hydrogens is 420 g/mol. The molecule has 0 unspecified atom stereocenters. The number of rotatable bonds is 9. The van der Waals surface area contributed by atoms with E-state index in [-0.39, 0.29) is 24.5 Å². The van der Waals surface area contributed by atoms with Gasteiger partial charge in [-0.3, -0.25) is 4.79 Å². The molecule has 1 amide bonds. The van der Waals surface area contributed by atoms with Gasteiger partial charge < -0.3 is 14.7 Å². The molecule has 1 saturated carbocycles. The summed E-state index contributed by atoms with van der Waals surface area (Å²) in [5.74, 6) is 1.43. The Labute approximate surface area is 188 Å². The Morgan fingerprint density at radius 1 is 1.33 bits per heavy atom. The summed E-state index contributed by atoms with van der Waals surface area (Å²) in [5.41, 5.74) is 1.55. The fourth-order valence-electron chi connectivity index (χ4n) is 3.81. The molecule has 0 bridgehead atoms. The van der Waals surface area contributed by atoms with Gasteiger partial charge in [-0.1, -0.05) is 38.3 Å². The molecule has 1 aliphatic carbocycles. The molecule has 164 valence electrons. The van der Waals surface area contributed by atoms with Gasteiger partial charge in [0.25, 0.3) is 0 Å². The lowest BCUT2D eigenvalue weighted by atomic mass is 9.99. The molecule has 1 N–H and O–H groups in total. The van der Waals surface area contributed by atoms with Gasteiger partial charge in [0.2, 0.25) is 5.91 Å². The number of hydrogen-bond acceptors (Lipinski definition) is 5. The number of halogens is 1. The van der Waals surface area contributed by atoms with Gasteiger partial charge in [0, 0.05) is 34.5 Å². The number of nitrogens with zero attached hydrogens (tertiary/aromatic N) is 2. The summed E-state index contributed by atoms with van der Waals surface area (Å²) < 4.78 is 6.05. The molecule has 0 radical (unpaired) electrons. The Balaban J connectivity index is 1.80. The highest BCUT2D eigenvalue weighted by molar-refractivity contribution is 7.09. The van der Waals surface area contributed by atoms with E-state index < -0.39 is 0 Å². The van der Waals surface area contributed by atoms with Crippen LogP contribution in [-0.2, 0) is 24.6 Å². The van der Waals surface area contributed by atoms with Crippen molar-refractivity contribution in [2.45, 2.75) is 72.3 Å².